The Morgan fingerprint density at radius 3 is 2.58 bits per heavy atom. The van der Waals surface area contributed by atoms with Gasteiger partial charge in [-0.15, -0.1) is 0 Å². The monoisotopic (exact) mass is 264 g/mol. The van der Waals surface area contributed by atoms with Crippen LogP contribution in [0.3, 0.4) is 0 Å². The van der Waals surface area contributed by atoms with Gasteiger partial charge in [-0.1, -0.05) is 0 Å². The third kappa shape index (κ3) is 2.68. The molecule has 0 spiro atoms. The van der Waals surface area contributed by atoms with Gasteiger partial charge >= 0.3 is 5.97 Å². The molecule has 0 saturated heterocycles. The van der Waals surface area contributed by atoms with Gasteiger partial charge in [0.2, 0.25) is 5.91 Å². The summed E-state index contributed by atoms with van der Waals surface area (Å²) in [5, 5.41) is 20.8. The first kappa shape index (κ1) is 13.4. The standard InChI is InChI=1S/C13H16N2O4/c1-13(14,7-2-3-7)12(19)15-10-5-4-8(16)6-9(10)11(17)18/h4-7,16H,2-3,14H2,1H3,(H,15,19)(H,17,18). The quantitative estimate of drug-likeness (QED) is 0.609. The molecule has 1 aromatic rings. The van der Waals surface area contributed by atoms with E-state index in [-0.39, 0.29) is 22.9 Å². The second kappa shape index (κ2) is 4.55. The molecule has 1 amide bonds. The van der Waals surface area contributed by atoms with Gasteiger partial charge in [-0.25, -0.2) is 4.79 Å². The topological polar surface area (TPSA) is 113 Å². The molecule has 0 bridgehead atoms. The summed E-state index contributed by atoms with van der Waals surface area (Å²) in [6, 6.07) is 3.75. The van der Waals surface area contributed by atoms with E-state index in [1.165, 1.54) is 12.1 Å². The molecule has 102 valence electrons. The predicted octanol–water partition coefficient (Wildman–Crippen LogP) is 1.16. The Bertz CT molecular complexity index is 535. The molecule has 1 aliphatic carbocycles. The van der Waals surface area contributed by atoms with Gasteiger partial charge in [0.1, 0.15) is 5.75 Å². The van der Waals surface area contributed by atoms with Gasteiger partial charge in [-0.2, -0.15) is 0 Å². The molecule has 0 aliphatic heterocycles. The van der Waals surface area contributed by atoms with Crippen molar-refractivity contribution in [1.82, 2.24) is 0 Å². The lowest BCUT2D eigenvalue weighted by Crippen LogP contribution is -2.50. The number of hydrogen-bond donors (Lipinski definition) is 4. The van der Waals surface area contributed by atoms with E-state index in [2.05, 4.69) is 5.32 Å². The first-order valence-electron chi connectivity index (χ1n) is 5.99. The fourth-order valence-corrected chi connectivity index (χ4v) is 1.94. The van der Waals surface area contributed by atoms with E-state index in [1.54, 1.807) is 6.92 Å². The lowest BCUT2D eigenvalue weighted by Gasteiger charge is -2.23. The van der Waals surface area contributed by atoms with Crippen LogP contribution >= 0.6 is 0 Å². The van der Waals surface area contributed by atoms with Crippen molar-refractivity contribution in [3.63, 3.8) is 0 Å². The Balaban J connectivity index is 2.23. The maximum absolute atomic E-state index is 12.1. The summed E-state index contributed by atoms with van der Waals surface area (Å²) in [6.45, 7) is 1.64. The van der Waals surface area contributed by atoms with Gasteiger partial charge < -0.3 is 21.3 Å². The van der Waals surface area contributed by atoms with E-state index in [0.29, 0.717) is 0 Å². The molecular formula is C13H16N2O4. The first-order chi connectivity index (χ1) is 8.82. The van der Waals surface area contributed by atoms with Crippen LogP contribution < -0.4 is 11.1 Å². The highest BCUT2D eigenvalue weighted by molar-refractivity contribution is 6.04. The number of hydrogen-bond acceptors (Lipinski definition) is 4. The molecule has 5 N–H and O–H groups in total. The van der Waals surface area contributed by atoms with Gasteiger partial charge in [0.05, 0.1) is 16.8 Å². The molecule has 1 fully saturated rings. The zero-order valence-corrected chi connectivity index (χ0v) is 10.5. The molecule has 1 unspecified atom stereocenters. The number of carboxylic acids is 1. The predicted molar refractivity (Wildman–Crippen MR) is 69.0 cm³/mol. The molecule has 0 heterocycles. The first-order valence-corrected chi connectivity index (χ1v) is 5.99. The molecule has 1 atom stereocenters. The summed E-state index contributed by atoms with van der Waals surface area (Å²) in [5.41, 5.74) is 4.92. The van der Waals surface area contributed by atoms with E-state index in [0.717, 1.165) is 18.9 Å². The number of aromatic hydroxyl groups is 1. The Morgan fingerprint density at radius 1 is 1.42 bits per heavy atom. The van der Waals surface area contributed by atoms with E-state index in [9.17, 15) is 14.7 Å². The van der Waals surface area contributed by atoms with Crippen molar-refractivity contribution in [3.8, 4) is 5.75 Å². The van der Waals surface area contributed by atoms with E-state index >= 15 is 0 Å². The van der Waals surface area contributed by atoms with Crippen molar-refractivity contribution in [2.75, 3.05) is 5.32 Å². The summed E-state index contributed by atoms with van der Waals surface area (Å²) >= 11 is 0. The number of amides is 1. The van der Waals surface area contributed by atoms with Crippen LogP contribution in [-0.2, 0) is 4.79 Å². The van der Waals surface area contributed by atoms with Crippen molar-refractivity contribution in [3.05, 3.63) is 23.8 Å². The van der Waals surface area contributed by atoms with Gasteiger partial charge in [0, 0.05) is 0 Å². The van der Waals surface area contributed by atoms with Crippen LogP contribution in [0.1, 0.15) is 30.1 Å². The van der Waals surface area contributed by atoms with Crippen LogP contribution in [0, 0.1) is 5.92 Å². The number of rotatable bonds is 4. The number of anilines is 1. The van der Waals surface area contributed by atoms with Gasteiger partial charge in [-0.3, -0.25) is 4.79 Å². The fourth-order valence-electron chi connectivity index (χ4n) is 1.94. The smallest absolute Gasteiger partial charge is 0.337 e. The molecule has 6 nitrogen and oxygen atoms in total. The molecule has 0 radical (unpaired) electrons. The zero-order valence-electron chi connectivity index (χ0n) is 10.5. The third-order valence-corrected chi connectivity index (χ3v) is 3.40. The van der Waals surface area contributed by atoms with Crippen LogP contribution in [0.15, 0.2) is 18.2 Å². The van der Waals surface area contributed by atoms with Crippen LogP contribution in [0.5, 0.6) is 5.75 Å². The number of carbonyl (C=O) groups is 2. The largest absolute Gasteiger partial charge is 0.508 e. The molecule has 1 aromatic carbocycles. The Kier molecular flexibility index (Phi) is 3.20. The highest BCUT2D eigenvalue weighted by Crippen LogP contribution is 2.38. The van der Waals surface area contributed by atoms with E-state index in [1.807, 2.05) is 0 Å². The van der Waals surface area contributed by atoms with Crippen LogP contribution in [-0.4, -0.2) is 27.6 Å². The number of phenols is 1. The van der Waals surface area contributed by atoms with Crippen molar-refractivity contribution < 1.29 is 19.8 Å². The summed E-state index contributed by atoms with van der Waals surface area (Å²) in [4.78, 5) is 23.1. The van der Waals surface area contributed by atoms with Crippen molar-refractivity contribution in [1.29, 1.82) is 0 Å². The molecule has 2 rings (SSSR count). The minimum atomic E-state index is -1.23. The average molecular weight is 264 g/mol. The van der Waals surface area contributed by atoms with Gasteiger partial charge in [0.25, 0.3) is 0 Å². The molecular weight excluding hydrogens is 248 g/mol. The Hall–Kier alpha value is -2.08. The maximum atomic E-state index is 12.1. The lowest BCUT2D eigenvalue weighted by atomic mass is 9.96. The zero-order chi connectivity index (χ0) is 14.2. The molecule has 1 saturated carbocycles. The highest BCUT2D eigenvalue weighted by atomic mass is 16.4. The Labute approximate surface area is 110 Å². The van der Waals surface area contributed by atoms with Crippen molar-refractivity contribution in [2.45, 2.75) is 25.3 Å². The number of aromatic carboxylic acids is 1. The van der Waals surface area contributed by atoms with Gasteiger partial charge in [-0.05, 0) is 43.9 Å². The summed E-state index contributed by atoms with van der Waals surface area (Å²) < 4.78 is 0. The number of nitrogens with two attached hydrogens (primary N) is 1. The minimum Gasteiger partial charge on any atom is -0.508 e. The molecule has 0 aromatic heterocycles. The van der Waals surface area contributed by atoms with Crippen molar-refractivity contribution in [2.24, 2.45) is 11.7 Å². The molecule has 19 heavy (non-hydrogen) atoms. The SMILES string of the molecule is CC(N)(C(=O)Nc1ccc(O)cc1C(=O)O)C1CC1. The fraction of sp³-hybridized carbons (Fsp3) is 0.385. The second-order valence-corrected chi connectivity index (χ2v) is 5.05. The molecule has 1 aliphatic rings. The molecule has 6 heteroatoms. The normalized spacial score (nSPS) is 17.6. The maximum Gasteiger partial charge on any atom is 0.337 e. The number of phenolic OH excluding ortho intramolecular Hbond substituents is 1. The van der Waals surface area contributed by atoms with Crippen LogP contribution in [0.4, 0.5) is 5.69 Å². The Morgan fingerprint density at radius 2 is 2.05 bits per heavy atom. The number of carboxylic acid groups (broad SMARTS) is 1. The summed E-state index contributed by atoms with van der Waals surface area (Å²) in [5.74, 6) is -1.68. The average Bonchev–Trinajstić information content (AvgIpc) is 3.15. The summed E-state index contributed by atoms with van der Waals surface area (Å²) in [7, 11) is 0. The highest BCUT2D eigenvalue weighted by Gasteiger charge is 2.44. The minimum absolute atomic E-state index is 0.132. The van der Waals surface area contributed by atoms with E-state index in [4.69, 9.17) is 10.8 Å². The lowest BCUT2D eigenvalue weighted by molar-refractivity contribution is -0.121. The number of nitrogens with one attached hydrogen (secondary N) is 1. The van der Waals surface area contributed by atoms with Crippen LogP contribution in [0.2, 0.25) is 0 Å². The van der Waals surface area contributed by atoms with Crippen molar-refractivity contribution >= 4 is 17.6 Å². The number of benzene rings is 1. The number of carbonyl (C=O) groups excluding carboxylic acids is 1. The van der Waals surface area contributed by atoms with E-state index < -0.39 is 17.4 Å². The van der Waals surface area contributed by atoms with Crippen LogP contribution in [0.25, 0.3) is 0 Å². The second-order valence-electron chi connectivity index (χ2n) is 5.05. The third-order valence-electron chi connectivity index (χ3n) is 3.40. The summed E-state index contributed by atoms with van der Waals surface area (Å²) in [6.07, 6.45) is 1.81. The van der Waals surface area contributed by atoms with Gasteiger partial charge in [0.15, 0.2) is 0 Å².